The summed E-state index contributed by atoms with van der Waals surface area (Å²) in [5.74, 6) is -3.03. The number of primary amides is 1. The van der Waals surface area contributed by atoms with Crippen molar-refractivity contribution in [2.75, 3.05) is 6.67 Å². The summed E-state index contributed by atoms with van der Waals surface area (Å²) in [6, 6.07) is -1.27. The summed E-state index contributed by atoms with van der Waals surface area (Å²) >= 11 is 0. The lowest BCUT2D eigenvalue weighted by molar-refractivity contribution is -0.142. The summed E-state index contributed by atoms with van der Waals surface area (Å²) in [6.45, 7) is -1.29. The Morgan fingerprint density at radius 2 is 2.00 bits per heavy atom. The minimum absolute atomic E-state index is 0.142. The van der Waals surface area contributed by atoms with E-state index in [0.717, 1.165) is 0 Å². The van der Waals surface area contributed by atoms with Crippen LogP contribution in [0.2, 0.25) is 0 Å². The zero-order valence-corrected chi connectivity index (χ0v) is 7.33. The molecule has 0 bridgehead atoms. The van der Waals surface area contributed by atoms with E-state index in [1.54, 1.807) is 0 Å². The maximum Gasteiger partial charge on any atom is 0.326 e. The van der Waals surface area contributed by atoms with Gasteiger partial charge in [-0.2, -0.15) is 0 Å². The predicted octanol–water partition coefficient (Wildman–Crippen LogP) is -1.21. The van der Waals surface area contributed by atoms with Crippen LogP contribution in [0, 0.1) is 0 Å². The molecule has 0 saturated carbocycles. The summed E-state index contributed by atoms with van der Waals surface area (Å²) in [5.41, 5.74) is 4.79. The molecule has 14 heavy (non-hydrogen) atoms. The molecule has 2 amide bonds. The van der Waals surface area contributed by atoms with E-state index in [1.807, 2.05) is 5.32 Å². The Labute approximate surface area is 79.3 Å². The number of nitrogens with two attached hydrogens (primary N) is 1. The lowest BCUT2D eigenvalue weighted by Crippen LogP contribution is -2.42. The number of rotatable bonds is 6. The molecule has 0 saturated heterocycles. The van der Waals surface area contributed by atoms with Crippen LogP contribution in [0.3, 0.4) is 0 Å². The lowest BCUT2D eigenvalue weighted by atomic mass is 10.1. The predicted molar refractivity (Wildman–Crippen MR) is 44.0 cm³/mol. The third kappa shape index (κ3) is 5.07. The van der Waals surface area contributed by atoms with E-state index in [-0.39, 0.29) is 12.8 Å². The Hall–Kier alpha value is -1.66. The highest BCUT2D eigenvalue weighted by Crippen LogP contribution is 1.97. The van der Waals surface area contributed by atoms with Crippen molar-refractivity contribution in [3.05, 3.63) is 0 Å². The fourth-order valence-corrected chi connectivity index (χ4v) is 0.777. The molecule has 6 nitrogen and oxygen atoms in total. The molecule has 0 fully saturated rings. The molecule has 0 aliphatic rings. The smallest absolute Gasteiger partial charge is 0.326 e. The second-order valence-corrected chi connectivity index (χ2v) is 2.60. The fraction of sp³-hybridized carbons (Fsp3) is 0.571. The van der Waals surface area contributed by atoms with E-state index in [0.29, 0.717) is 0 Å². The quantitative estimate of drug-likeness (QED) is 0.506. The van der Waals surface area contributed by atoms with Gasteiger partial charge in [-0.3, -0.25) is 9.59 Å². The molecule has 0 aromatic rings. The molecule has 0 rings (SSSR count). The van der Waals surface area contributed by atoms with Crippen LogP contribution < -0.4 is 11.1 Å². The largest absolute Gasteiger partial charge is 0.480 e. The maximum absolute atomic E-state index is 11.7. The third-order valence-electron chi connectivity index (χ3n) is 1.43. The van der Waals surface area contributed by atoms with Crippen LogP contribution in [0.5, 0.6) is 0 Å². The number of halogens is 1. The fourth-order valence-electron chi connectivity index (χ4n) is 0.777. The molecule has 0 spiro atoms. The topological polar surface area (TPSA) is 109 Å². The van der Waals surface area contributed by atoms with Gasteiger partial charge in [0.25, 0.3) is 5.91 Å². The summed E-state index contributed by atoms with van der Waals surface area (Å²) < 4.78 is 11.7. The highest BCUT2D eigenvalue weighted by Gasteiger charge is 2.19. The Morgan fingerprint density at radius 3 is 2.36 bits per heavy atom. The number of carbonyl (C=O) groups is 3. The summed E-state index contributed by atoms with van der Waals surface area (Å²) in [5, 5.41) is 10.4. The first-order valence-corrected chi connectivity index (χ1v) is 3.83. The molecule has 80 valence electrons. The van der Waals surface area contributed by atoms with Crippen molar-refractivity contribution in [1.82, 2.24) is 5.32 Å². The Kier molecular flexibility index (Phi) is 5.20. The number of amides is 2. The van der Waals surface area contributed by atoms with Crippen molar-refractivity contribution in [2.45, 2.75) is 18.9 Å². The lowest BCUT2D eigenvalue weighted by Gasteiger charge is -2.11. The number of carboxylic acid groups (broad SMARTS) is 1. The van der Waals surface area contributed by atoms with E-state index in [1.165, 1.54) is 0 Å². The van der Waals surface area contributed by atoms with Crippen LogP contribution in [-0.2, 0) is 14.4 Å². The van der Waals surface area contributed by atoms with Gasteiger partial charge in [-0.25, -0.2) is 9.18 Å². The molecule has 0 radical (unpaired) electrons. The standard InChI is InChI=1S/C7H11FN2O4/c8-3-6(12)10-4(7(13)14)1-2-5(9)11/h4H,1-3H2,(H2,9,11)(H,10,12)(H,13,14)/t4-/m0/s1. The van der Waals surface area contributed by atoms with Crippen LogP contribution in [0.25, 0.3) is 0 Å². The molecular formula is C7H11FN2O4. The van der Waals surface area contributed by atoms with Crippen LogP contribution in [0.15, 0.2) is 0 Å². The molecule has 0 unspecified atom stereocenters. The molecule has 7 heteroatoms. The van der Waals surface area contributed by atoms with Crippen molar-refractivity contribution in [2.24, 2.45) is 5.73 Å². The minimum atomic E-state index is -1.33. The number of aliphatic carboxylic acids is 1. The average Bonchev–Trinajstić information content (AvgIpc) is 2.10. The van der Waals surface area contributed by atoms with Gasteiger partial charge in [0.05, 0.1) is 0 Å². The summed E-state index contributed by atoms with van der Waals surface area (Å²) in [7, 11) is 0. The number of alkyl halides is 1. The molecule has 1 atom stereocenters. The summed E-state index contributed by atoms with van der Waals surface area (Å²) in [6.07, 6.45) is -0.320. The highest BCUT2D eigenvalue weighted by atomic mass is 19.1. The first kappa shape index (κ1) is 12.3. The van der Waals surface area contributed by atoms with E-state index in [2.05, 4.69) is 0 Å². The van der Waals surface area contributed by atoms with Gasteiger partial charge in [-0.1, -0.05) is 0 Å². The van der Waals surface area contributed by atoms with Gasteiger partial charge < -0.3 is 16.2 Å². The van der Waals surface area contributed by atoms with E-state index >= 15 is 0 Å². The Morgan fingerprint density at radius 1 is 1.43 bits per heavy atom. The SMILES string of the molecule is NC(=O)CC[C@H](NC(=O)CF)C(=O)O. The van der Waals surface area contributed by atoms with Crippen molar-refractivity contribution in [1.29, 1.82) is 0 Å². The molecule has 0 aromatic heterocycles. The Bertz CT molecular complexity index is 244. The molecule has 4 N–H and O–H groups in total. The van der Waals surface area contributed by atoms with Gasteiger partial charge in [0.2, 0.25) is 5.91 Å². The van der Waals surface area contributed by atoms with Crippen molar-refractivity contribution in [3.8, 4) is 0 Å². The number of carboxylic acids is 1. The molecule has 0 heterocycles. The van der Waals surface area contributed by atoms with Gasteiger partial charge in [0.1, 0.15) is 6.04 Å². The van der Waals surface area contributed by atoms with Gasteiger partial charge in [-0.15, -0.1) is 0 Å². The number of nitrogens with one attached hydrogen (secondary N) is 1. The van der Waals surface area contributed by atoms with E-state index < -0.39 is 30.5 Å². The van der Waals surface area contributed by atoms with Gasteiger partial charge >= 0.3 is 5.97 Å². The van der Waals surface area contributed by atoms with Gasteiger partial charge in [0.15, 0.2) is 6.67 Å². The van der Waals surface area contributed by atoms with Crippen LogP contribution >= 0.6 is 0 Å². The average molecular weight is 206 g/mol. The summed E-state index contributed by atoms with van der Waals surface area (Å²) in [4.78, 5) is 31.3. The molecule has 0 aliphatic carbocycles. The molecule has 0 aromatic carbocycles. The van der Waals surface area contributed by atoms with Crippen LogP contribution in [0.4, 0.5) is 4.39 Å². The maximum atomic E-state index is 11.7. The van der Waals surface area contributed by atoms with Gasteiger partial charge in [-0.05, 0) is 6.42 Å². The third-order valence-corrected chi connectivity index (χ3v) is 1.43. The minimum Gasteiger partial charge on any atom is -0.480 e. The van der Waals surface area contributed by atoms with Crippen molar-refractivity contribution < 1.29 is 23.9 Å². The number of hydrogen-bond donors (Lipinski definition) is 3. The second-order valence-electron chi connectivity index (χ2n) is 2.60. The van der Waals surface area contributed by atoms with Crippen molar-refractivity contribution >= 4 is 17.8 Å². The highest BCUT2D eigenvalue weighted by molar-refractivity contribution is 5.84. The van der Waals surface area contributed by atoms with E-state index in [9.17, 15) is 18.8 Å². The first-order valence-electron chi connectivity index (χ1n) is 3.83. The first-order chi connectivity index (χ1) is 6.47. The zero-order valence-electron chi connectivity index (χ0n) is 7.33. The van der Waals surface area contributed by atoms with Crippen LogP contribution in [-0.4, -0.2) is 35.6 Å². The normalized spacial score (nSPS) is 11.8. The van der Waals surface area contributed by atoms with Gasteiger partial charge in [0, 0.05) is 6.42 Å². The second kappa shape index (κ2) is 5.90. The van der Waals surface area contributed by atoms with Crippen molar-refractivity contribution in [3.63, 3.8) is 0 Å². The zero-order chi connectivity index (χ0) is 11.1. The Balaban J connectivity index is 4.09. The monoisotopic (exact) mass is 206 g/mol. The van der Waals surface area contributed by atoms with Crippen LogP contribution in [0.1, 0.15) is 12.8 Å². The van der Waals surface area contributed by atoms with E-state index in [4.69, 9.17) is 10.8 Å². The number of carbonyl (C=O) groups excluding carboxylic acids is 2. The molecular weight excluding hydrogens is 195 g/mol. The number of hydrogen-bond acceptors (Lipinski definition) is 3. The molecule has 0 aliphatic heterocycles.